The van der Waals surface area contributed by atoms with E-state index in [2.05, 4.69) is 29.9 Å². The maximum atomic E-state index is 12.3. The number of pyridine rings is 1. The molecule has 8 heteroatoms. The van der Waals surface area contributed by atoms with Crippen molar-refractivity contribution in [3.05, 3.63) is 29.0 Å². The number of rotatable bonds is 5. The average Bonchev–Trinajstić information content (AvgIpc) is 2.49. The molecule has 6 nitrogen and oxygen atoms in total. The van der Waals surface area contributed by atoms with E-state index in [0.717, 1.165) is 6.04 Å². The van der Waals surface area contributed by atoms with Gasteiger partial charge in [0.2, 0.25) is 0 Å². The van der Waals surface area contributed by atoms with Crippen molar-refractivity contribution < 1.29 is 19.0 Å². The highest BCUT2D eigenvalue weighted by molar-refractivity contribution is 6.76. The number of amides is 1. The summed E-state index contributed by atoms with van der Waals surface area (Å²) in [6, 6.07) is 4.39. The molecule has 0 saturated carbocycles. The lowest BCUT2D eigenvalue weighted by Gasteiger charge is -2.43. The molecule has 2 heterocycles. The molecule has 1 N–H and O–H groups in total. The normalized spacial score (nSPS) is 19.3. The van der Waals surface area contributed by atoms with Gasteiger partial charge in [-0.2, -0.15) is 0 Å². The maximum Gasteiger partial charge on any atom is 0.408 e. The highest BCUT2D eigenvalue weighted by Crippen LogP contribution is 2.31. The molecule has 0 radical (unpaired) electrons. The number of carbonyl (C=O) groups excluding carboxylic acids is 1. The minimum Gasteiger partial charge on any atom is -0.450 e. The van der Waals surface area contributed by atoms with Crippen LogP contribution in [-0.4, -0.2) is 44.8 Å². The van der Waals surface area contributed by atoms with Gasteiger partial charge in [-0.05, 0) is 32.0 Å². The molecule has 1 amide bonds. The van der Waals surface area contributed by atoms with E-state index in [4.69, 9.17) is 25.8 Å². The number of nitrogens with zero attached hydrogens (tertiary/aromatic N) is 1. The van der Waals surface area contributed by atoms with Gasteiger partial charge in [0.15, 0.2) is 5.79 Å². The summed E-state index contributed by atoms with van der Waals surface area (Å²) in [6.07, 6.45) is 1.04. The first-order valence-electron chi connectivity index (χ1n) is 8.36. The summed E-state index contributed by atoms with van der Waals surface area (Å²) in [5, 5.41) is 3.41. The van der Waals surface area contributed by atoms with Crippen molar-refractivity contribution in [2.24, 2.45) is 0 Å². The maximum absolute atomic E-state index is 12.3. The molecule has 1 aromatic rings. The van der Waals surface area contributed by atoms with E-state index in [9.17, 15) is 4.79 Å². The topological polar surface area (TPSA) is 69.7 Å². The van der Waals surface area contributed by atoms with Crippen molar-refractivity contribution in [3.63, 3.8) is 0 Å². The molecule has 1 aromatic heterocycles. The molecule has 1 aliphatic heterocycles. The van der Waals surface area contributed by atoms with E-state index in [0.29, 0.717) is 17.3 Å². The van der Waals surface area contributed by atoms with Crippen molar-refractivity contribution in [1.82, 2.24) is 10.3 Å². The molecule has 0 aromatic carbocycles. The van der Waals surface area contributed by atoms with E-state index >= 15 is 0 Å². The first-order valence-corrected chi connectivity index (χ1v) is 12.4. The van der Waals surface area contributed by atoms with Crippen LogP contribution in [-0.2, 0) is 19.7 Å². The third-order valence-electron chi connectivity index (χ3n) is 3.98. The molecular formula is C17H27ClN2O4Si. The fourth-order valence-electron chi connectivity index (χ4n) is 2.30. The first kappa shape index (κ1) is 20.2. The highest BCUT2D eigenvalue weighted by Gasteiger charge is 2.44. The quantitative estimate of drug-likeness (QED) is 0.780. The van der Waals surface area contributed by atoms with Crippen LogP contribution in [0.3, 0.4) is 0 Å². The summed E-state index contributed by atoms with van der Waals surface area (Å²) in [5.41, 5.74) is -0.286. The lowest BCUT2D eigenvalue weighted by atomic mass is 9.95. The van der Waals surface area contributed by atoms with Gasteiger partial charge >= 0.3 is 6.09 Å². The van der Waals surface area contributed by atoms with Crippen molar-refractivity contribution in [2.45, 2.75) is 50.9 Å². The second kappa shape index (κ2) is 7.61. The van der Waals surface area contributed by atoms with E-state index in [1.54, 1.807) is 12.1 Å². The molecule has 0 aliphatic carbocycles. The molecule has 0 atom stereocenters. The Labute approximate surface area is 155 Å². The summed E-state index contributed by atoms with van der Waals surface area (Å²) in [5.74, 6) is -0.709. The molecule has 140 valence electrons. The summed E-state index contributed by atoms with van der Waals surface area (Å²) in [6.45, 7) is 11.2. The summed E-state index contributed by atoms with van der Waals surface area (Å²) in [7, 11) is -1.27. The van der Waals surface area contributed by atoms with Gasteiger partial charge in [0, 0.05) is 14.3 Å². The Bertz CT molecular complexity index is 592. The van der Waals surface area contributed by atoms with Crippen LogP contribution >= 0.6 is 11.6 Å². The molecule has 1 fully saturated rings. The van der Waals surface area contributed by atoms with Gasteiger partial charge in [-0.1, -0.05) is 31.2 Å². The van der Waals surface area contributed by atoms with Crippen LogP contribution in [0.1, 0.15) is 19.5 Å². The van der Waals surface area contributed by atoms with Crippen LogP contribution in [0.4, 0.5) is 4.79 Å². The number of aromatic nitrogens is 1. The van der Waals surface area contributed by atoms with Crippen LogP contribution in [0, 0.1) is 0 Å². The number of nitrogens with one attached hydrogen (secondary N) is 1. The van der Waals surface area contributed by atoms with Crippen LogP contribution < -0.4 is 5.32 Å². The second-order valence-corrected chi connectivity index (χ2v) is 14.1. The van der Waals surface area contributed by atoms with Crippen LogP contribution in [0.5, 0.6) is 0 Å². The summed E-state index contributed by atoms with van der Waals surface area (Å²) in [4.78, 5) is 16.7. The van der Waals surface area contributed by atoms with Crippen molar-refractivity contribution in [1.29, 1.82) is 0 Å². The summed E-state index contributed by atoms with van der Waals surface area (Å²) < 4.78 is 16.9. The number of ether oxygens (including phenoxy) is 3. The van der Waals surface area contributed by atoms with Gasteiger partial charge in [0.05, 0.1) is 30.5 Å². The van der Waals surface area contributed by atoms with Gasteiger partial charge in [-0.3, -0.25) is 4.98 Å². The molecule has 0 spiro atoms. The standard InChI is InChI=1S/C17H27ClN2O4Si/c1-16(2)23-11-17(12-24-16,14-7-6-13(18)10-19-14)20-15(21)22-8-9-25(3,4)5/h6-7,10H,8-9,11-12H2,1-5H3,(H,20,21). The Balaban J connectivity index is 2.10. The monoisotopic (exact) mass is 386 g/mol. The molecule has 2 rings (SSSR count). The minimum absolute atomic E-state index is 0.234. The smallest absolute Gasteiger partial charge is 0.408 e. The Kier molecular flexibility index (Phi) is 6.14. The van der Waals surface area contributed by atoms with E-state index < -0.39 is 25.5 Å². The molecule has 0 unspecified atom stereocenters. The van der Waals surface area contributed by atoms with Crippen LogP contribution in [0.15, 0.2) is 18.3 Å². The number of hydrogen-bond donors (Lipinski definition) is 1. The van der Waals surface area contributed by atoms with Crippen molar-refractivity contribution >= 4 is 25.8 Å². The van der Waals surface area contributed by atoms with Gasteiger partial charge in [0.1, 0.15) is 5.54 Å². The Morgan fingerprint density at radius 2 is 1.96 bits per heavy atom. The minimum atomic E-state index is -1.27. The second-order valence-electron chi connectivity index (χ2n) is 7.99. The Morgan fingerprint density at radius 3 is 2.48 bits per heavy atom. The lowest BCUT2D eigenvalue weighted by Crippen LogP contribution is -2.59. The molecular weight excluding hydrogens is 360 g/mol. The third-order valence-corrected chi connectivity index (χ3v) is 5.90. The van der Waals surface area contributed by atoms with Crippen LogP contribution in [0.25, 0.3) is 0 Å². The number of hydrogen-bond acceptors (Lipinski definition) is 5. The fourth-order valence-corrected chi connectivity index (χ4v) is 3.13. The fraction of sp³-hybridized carbons (Fsp3) is 0.647. The Morgan fingerprint density at radius 1 is 1.32 bits per heavy atom. The predicted molar refractivity (Wildman–Crippen MR) is 99.5 cm³/mol. The van der Waals surface area contributed by atoms with Gasteiger partial charge in [-0.15, -0.1) is 0 Å². The molecule has 25 heavy (non-hydrogen) atoms. The zero-order valence-corrected chi connectivity index (χ0v) is 17.3. The van der Waals surface area contributed by atoms with E-state index in [-0.39, 0.29) is 13.2 Å². The first-order chi connectivity index (χ1) is 11.5. The molecule has 0 bridgehead atoms. The zero-order chi connectivity index (χ0) is 18.7. The summed E-state index contributed by atoms with van der Waals surface area (Å²) >= 11 is 5.93. The molecule has 1 saturated heterocycles. The lowest BCUT2D eigenvalue weighted by molar-refractivity contribution is -0.273. The Hall–Kier alpha value is -1.15. The van der Waals surface area contributed by atoms with Gasteiger partial charge in [-0.25, -0.2) is 4.79 Å². The van der Waals surface area contributed by atoms with Gasteiger partial charge in [0.25, 0.3) is 0 Å². The zero-order valence-electron chi connectivity index (χ0n) is 15.5. The van der Waals surface area contributed by atoms with Crippen molar-refractivity contribution in [2.75, 3.05) is 19.8 Å². The number of halogens is 1. The highest BCUT2D eigenvalue weighted by atomic mass is 35.5. The van der Waals surface area contributed by atoms with E-state index in [1.165, 1.54) is 6.20 Å². The average molecular weight is 387 g/mol. The van der Waals surface area contributed by atoms with Crippen LogP contribution in [0.2, 0.25) is 30.7 Å². The molecule has 1 aliphatic rings. The van der Waals surface area contributed by atoms with E-state index in [1.807, 2.05) is 13.8 Å². The van der Waals surface area contributed by atoms with Crippen molar-refractivity contribution in [3.8, 4) is 0 Å². The number of carbonyl (C=O) groups is 1. The number of alkyl carbamates (subject to hydrolysis) is 1. The third kappa shape index (κ3) is 5.95. The van der Waals surface area contributed by atoms with Gasteiger partial charge < -0.3 is 19.5 Å². The predicted octanol–water partition coefficient (Wildman–Crippen LogP) is 3.78. The SMILES string of the molecule is CC1(C)OCC(NC(=O)OCC[Si](C)(C)C)(c2ccc(Cl)cn2)CO1. The largest absolute Gasteiger partial charge is 0.450 e.